The number of halogens is 1. The minimum absolute atomic E-state index is 0.303. The Bertz CT molecular complexity index is 1050. The maximum atomic E-state index is 12.4. The zero-order valence-electron chi connectivity index (χ0n) is 17.3. The monoisotopic (exact) mass is 458 g/mol. The molecule has 1 N–H and O–H groups in total. The molecule has 0 radical (unpaired) electrons. The number of nitrogens with one attached hydrogen (secondary N) is 1. The zero-order valence-corrected chi connectivity index (χ0v) is 18.8. The van der Waals surface area contributed by atoms with Crippen LogP contribution >= 0.6 is 22.9 Å². The van der Waals surface area contributed by atoms with Gasteiger partial charge >= 0.3 is 0 Å². The number of methoxy groups -OCH3 is 1. The van der Waals surface area contributed by atoms with Gasteiger partial charge in [-0.05, 0) is 42.8 Å². The molecule has 0 fully saturated rings. The fourth-order valence-electron chi connectivity index (χ4n) is 2.67. The van der Waals surface area contributed by atoms with Crippen molar-refractivity contribution in [1.29, 1.82) is 0 Å². The molecule has 3 aromatic rings. The summed E-state index contributed by atoms with van der Waals surface area (Å²) in [5, 5.41) is 6.20. The Kier molecular flexibility index (Phi) is 8.46. The van der Waals surface area contributed by atoms with Gasteiger partial charge in [0, 0.05) is 18.6 Å². The molecule has 6 nitrogen and oxygen atoms in total. The lowest BCUT2D eigenvalue weighted by molar-refractivity contribution is -0.111. The number of nitrogens with zero attached hydrogens (tertiary/aromatic N) is 1. The van der Waals surface area contributed by atoms with Gasteiger partial charge in [0.1, 0.15) is 19.0 Å². The van der Waals surface area contributed by atoms with Crippen LogP contribution in [0.5, 0.6) is 11.5 Å². The number of benzene rings is 2. The van der Waals surface area contributed by atoms with Crippen molar-refractivity contribution in [2.24, 2.45) is 0 Å². The lowest BCUT2D eigenvalue weighted by atomic mass is 10.2. The predicted molar refractivity (Wildman–Crippen MR) is 124 cm³/mol. The van der Waals surface area contributed by atoms with Gasteiger partial charge in [0.05, 0.1) is 28.0 Å². The summed E-state index contributed by atoms with van der Waals surface area (Å²) in [7, 11) is 1.59. The third-order valence-electron chi connectivity index (χ3n) is 4.10. The molecular formula is C23H23ClN2O4S. The fourth-order valence-corrected chi connectivity index (χ4v) is 3.49. The van der Waals surface area contributed by atoms with Crippen LogP contribution in [0.1, 0.15) is 16.3 Å². The third-order valence-corrected chi connectivity index (χ3v) is 5.22. The Morgan fingerprint density at radius 2 is 2.03 bits per heavy atom. The second-order valence-electron chi connectivity index (χ2n) is 6.50. The molecule has 0 unspecified atom stereocenters. The van der Waals surface area contributed by atoms with E-state index in [4.69, 9.17) is 25.8 Å². The summed E-state index contributed by atoms with van der Waals surface area (Å²) in [4.78, 5) is 16.8. The SMILES string of the molecule is COCCOc1c(Cl)cccc1NC(=O)/C=C/c1cccc(OCc2csc(C)n2)c1. The van der Waals surface area contributed by atoms with Crippen molar-refractivity contribution in [2.45, 2.75) is 13.5 Å². The van der Waals surface area contributed by atoms with Crippen LogP contribution < -0.4 is 14.8 Å². The molecule has 31 heavy (non-hydrogen) atoms. The van der Waals surface area contributed by atoms with Crippen LogP contribution in [0, 0.1) is 6.92 Å². The highest BCUT2D eigenvalue weighted by Gasteiger charge is 2.10. The summed E-state index contributed by atoms with van der Waals surface area (Å²) in [6.07, 6.45) is 3.16. The van der Waals surface area contributed by atoms with E-state index in [0.717, 1.165) is 16.3 Å². The van der Waals surface area contributed by atoms with E-state index in [-0.39, 0.29) is 5.91 Å². The first-order valence-electron chi connectivity index (χ1n) is 9.58. The van der Waals surface area contributed by atoms with Crippen LogP contribution in [0.2, 0.25) is 5.02 Å². The van der Waals surface area contributed by atoms with Gasteiger partial charge in [-0.1, -0.05) is 29.8 Å². The fraction of sp³-hybridized carbons (Fsp3) is 0.217. The second-order valence-corrected chi connectivity index (χ2v) is 7.97. The Morgan fingerprint density at radius 1 is 1.19 bits per heavy atom. The van der Waals surface area contributed by atoms with Crippen LogP contribution in [-0.2, 0) is 16.1 Å². The molecule has 0 saturated heterocycles. The molecule has 0 spiro atoms. The third kappa shape index (κ3) is 7.10. The van der Waals surface area contributed by atoms with E-state index < -0.39 is 0 Å². The molecular weight excluding hydrogens is 436 g/mol. The number of aromatic nitrogens is 1. The van der Waals surface area contributed by atoms with E-state index in [0.29, 0.717) is 42.0 Å². The number of rotatable bonds is 10. The van der Waals surface area contributed by atoms with E-state index in [1.807, 2.05) is 36.6 Å². The summed E-state index contributed by atoms with van der Waals surface area (Å²) in [5.41, 5.74) is 2.23. The van der Waals surface area contributed by atoms with Gasteiger partial charge in [0.15, 0.2) is 5.75 Å². The molecule has 1 heterocycles. The summed E-state index contributed by atoms with van der Waals surface area (Å²) >= 11 is 7.80. The summed E-state index contributed by atoms with van der Waals surface area (Å²) in [6, 6.07) is 12.7. The minimum atomic E-state index is -0.303. The smallest absolute Gasteiger partial charge is 0.248 e. The van der Waals surface area contributed by atoms with Crippen LogP contribution in [0.15, 0.2) is 53.9 Å². The van der Waals surface area contributed by atoms with Gasteiger partial charge in [-0.25, -0.2) is 4.98 Å². The standard InChI is InChI=1S/C23H23ClN2O4S/c1-16-25-18(15-31-16)14-30-19-6-3-5-17(13-19)9-10-22(27)26-21-8-4-7-20(24)23(21)29-12-11-28-2/h3-10,13,15H,11-12,14H2,1-2H3,(H,26,27)/b10-9+. The number of aryl methyl sites for hydroxylation is 1. The first-order valence-corrected chi connectivity index (χ1v) is 10.8. The van der Waals surface area contributed by atoms with Crippen molar-refractivity contribution >= 4 is 40.6 Å². The molecule has 0 bridgehead atoms. The largest absolute Gasteiger partial charge is 0.487 e. The number of para-hydroxylation sites is 1. The molecule has 1 amide bonds. The molecule has 3 rings (SSSR count). The van der Waals surface area contributed by atoms with E-state index >= 15 is 0 Å². The summed E-state index contributed by atoms with van der Waals surface area (Å²) in [5.74, 6) is 0.815. The van der Waals surface area contributed by atoms with Crippen LogP contribution in [0.25, 0.3) is 6.08 Å². The normalized spacial score (nSPS) is 10.9. The molecule has 8 heteroatoms. The van der Waals surface area contributed by atoms with Crippen molar-refractivity contribution in [3.8, 4) is 11.5 Å². The van der Waals surface area contributed by atoms with Gasteiger partial charge in [-0.2, -0.15) is 0 Å². The Morgan fingerprint density at radius 3 is 2.81 bits per heavy atom. The molecule has 162 valence electrons. The highest BCUT2D eigenvalue weighted by molar-refractivity contribution is 7.09. The Hall–Kier alpha value is -2.87. The number of ether oxygens (including phenoxy) is 3. The van der Waals surface area contributed by atoms with Crippen molar-refractivity contribution < 1.29 is 19.0 Å². The summed E-state index contributed by atoms with van der Waals surface area (Å²) < 4.78 is 16.4. The number of hydrogen-bond acceptors (Lipinski definition) is 6. The molecule has 0 saturated carbocycles. The predicted octanol–water partition coefficient (Wildman–Crippen LogP) is 5.36. The lowest BCUT2D eigenvalue weighted by Gasteiger charge is -2.13. The van der Waals surface area contributed by atoms with Gasteiger partial charge < -0.3 is 19.5 Å². The molecule has 0 aliphatic rings. The highest BCUT2D eigenvalue weighted by Crippen LogP contribution is 2.33. The average molecular weight is 459 g/mol. The van der Waals surface area contributed by atoms with Gasteiger partial charge in [-0.3, -0.25) is 4.79 Å². The number of hydrogen-bond donors (Lipinski definition) is 1. The topological polar surface area (TPSA) is 69.7 Å². The average Bonchev–Trinajstić information content (AvgIpc) is 3.18. The van der Waals surface area contributed by atoms with Crippen molar-refractivity contribution in [1.82, 2.24) is 4.98 Å². The minimum Gasteiger partial charge on any atom is -0.487 e. The van der Waals surface area contributed by atoms with Crippen LogP contribution in [0.4, 0.5) is 5.69 Å². The maximum absolute atomic E-state index is 12.4. The van der Waals surface area contributed by atoms with Gasteiger partial charge in [-0.15, -0.1) is 11.3 Å². The molecule has 2 aromatic carbocycles. The zero-order chi connectivity index (χ0) is 22.1. The Balaban J connectivity index is 1.60. The quantitative estimate of drug-likeness (QED) is 0.327. The van der Waals surface area contributed by atoms with E-state index in [9.17, 15) is 4.79 Å². The number of carbonyl (C=O) groups excluding carboxylic acids is 1. The first kappa shape index (κ1) is 22.8. The van der Waals surface area contributed by atoms with Crippen molar-refractivity contribution in [3.63, 3.8) is 0 Å². The number of amides is 1. The van der Waals surface area contributed by atoms with Crippen molar-refractivity contribution in [3.05, 3.63) is 75.2 Å². The number of thiazole rings is 1. The van der Waals surface area contributed by atoms with Gasteiger partial charge in [0.25, 0.3) is 0 Å². The van der Waals surface area contributed by atoms with Crippen LogP contribution in [-0.4, -0.2) is 31.2 Å². The van der Waals surface area contributed by atoms with E-state index in [1.54, 1.807) is 42.7 Å². The van der Waals surface area contributed by atoms with E-state index in [1.165, 1.54) is 6.08 Å². The first-order chi connectivity index (χ1) is 15.0. The van der Waals surface area contributed by atoms with Gasteiger partial charge in [0.2, 0.25) is 5.91 Å². The Labute approximate surface area is 190 Å². The molecule has 0 aliphatic heterocycles. The molecule has 0 atom stereocenters. The summed E-state index contributed by atoms with van der Waals surface area (Å²) in [6.45, 7) is 3.10. The maximum Gasteiger partial charge on any atom is 0.248 e. The van der Waals surface area contributed by atoms with E-state index in [2.05, 4.69) is 10.3 Å². The molecule has 1 aromatic heterocycles. The second kappa shape index (κ2) is 11.5. The van der Waals surface area contributed by atoms with Crippen LogP contribution in [0.3, 0.4) is 0 Å². The molecule has 0 aliphatic carbocycles. The lowest BCUT2D eigenvalue weighted by Crippen LogP contribution is -2.11. The highest BCUT2D eigenvalue weighted by atomic mass is 35.5. The number of carbonyl (C=O) groups is 1. The van der Waals surface area contributed by atoms with Crippen molar-refractivity contribution in [2.75, 3.05) is 25.6 Å². The number of anilines is 1.